The van der Waals surface area contributed by atoms with E-state index in [0.29, 0.717) is 36.7 Å². The Morgan fingerprint density at radius 1 is 1.33 bits per heavy atom. The molecule has 1 fully saturated rings. The van der Waals surface area contributed by atoms with E-state index < -0.39 is 10.0 Å². The lowest BCUT2D eigenvalue weighted by Gasteiger charge is -2.26. The number of benzene rings is 1. The van der Waals surface area contributed by atoms with Gasteiger partial charge in [-0.25, -0.2) is 8.42 Å². The summed E-state index contributed by atoms with van der Waals surface area (Å²) in [4.78, 5) is 0.276. The van der Waals surface area contributed by atoms with Crippen LogP contribution in [-0.2, 0) is 20.6 Å². The standard InChI is InChI=1S/C11H13BrClNO3S/c12-10-7-9(8-13)1-2-11(10)18(15,16)14-3-5-17-6-4-14/h1-2,7H,3-6,8H2. The first-order valence-corrected chi connectivity index (χ1v) is 8.25. The molecule has 0 radical (unpaired) electrons. The van der Waals surface area contributed by atoms with E-state index in [9.17, 15) is 8.42 Å². The van der Waals surface area contributed by atoms with Crippen LogP contribution in [0.25, 0.3) is 0 Å². The number of morpholine rings is 1. The maximum absolute atomic E-state index is 12.4. The summed E-state index contributed by atoms with van der Waals surface area (Å²) in [6.07, 6.45) is 0. The topological polar surface area (TPSA) is 46.6 Å². The highest BCUT2D eigenvalue weighted by Crippen LogP contribution is 2.27. The molecule has 18 heavy (non-hydrogen) atoms. The van der Waals surface area contributed by atoms with Gasteiger partial charge in [-0.05, 0) is 33.6 Å². The van der Waals surface area contributed by atoms with Crippen LogP contribution in [0.15, 0.2) is 27.6 Å². The predicted octanol–water partition coefficient (Wildman–Crippen LogP) is 2.21. The van der Waals surface area contributed by atoms with Gasteiger partial charge in [0.25, 0.3) is 0 Å². The van der Waals surface area contributed by atoms with Crippen LogP contribution in [0, 0.1) is 0 Å². The van der Waals surface area contributed by atoms with Crippen LogP contribution in [0.4, 0.5) is 0 Å². The van der Waals surface area contributed by atoms with Crippen LogP contribution in [0.3, 0.4) is 0 Å². The van der Waals surface area contributed by atoms with Crippen molar-refractivity contribution in [1.29, 1.82) is 0 Å². The van der Waals surface area contributed by atoms with Gasteiger partial charge in [-0.1, -0.05) is 6.07 Å². The Morgan fingerprint density at radius 3 is 2.56 bits per heavy atom. The van der Waals surface area contributed by atoms with Crippen molar-refractivity contribution in [2.75, 3.05) is 26.3 Å². The van der Waals surface area contributed by atoms with E-state index in [-0.39, 0.29) is 4.90 Å². The summed E-state index contributed by atoms with van der Waals surface area (Å²) in [6, 6.07) is 5.05. The number of hydrogen-bond acceptors (Lipinski definition) is 3. The smallest absolute Gasteiger partial charge is 0.244 e. The highest BCUT2D eigenvalue weighted by Gasteiger charge is 2.27. The van der Waals surface area contributed by atoms with E-state index in [1.165, 1.54) is 4.31 Å². The van der Waals surface area contributed by atoms with Crippen LogP contribution in [0.5, 0.6) is 0 Å². The summed E-state index contributed by atoms with van der Waals surface area (Å²) < 4.78 is 32.0. The average molecular weight is 355 g/mol. The number of nitrogens with zero attached hydrogens (tertiary/aromatic N) is 1. The van der Waals surface area contributed by atoms with E-state index in [1.54, 1.807) is 18.2 Å². The molecule has 0 saturated carbocycles. The second-order valence-corrected chi connectivity index (χ2v) is 6.94. The molecule has 1 heterocycles. The predicted molar refractivity (Wildman–Crippen MR) is 73.3 cm³/mol. The van der Waals surface area contributed by atoms with E-state index in [0.717, 1.165) is 5.56 Å². The van der Waals surface area contributed by atoms with Crippen LogP contribution in [0.2, 0.25) is 0 Å². The van der Waals surface area contributed by atoms with Crippen LogP contribution in [0.1, 0.15) is 5.56 Å². The molecule has 2 rings (SSSR count). The van der Waals surface area contributed by atoms with Gasteiger partial charge in [0.05, 0.1) is 18.1 Å². The quantitative estimate of drug-likeness (QED) is 0.782. The Labute approximate surface area is 120 Å². The Balaban J connectivity index is 2.34. The normalized spacial score (nSPS) is 17.9. The van der Waals surface area contributed by atoms with Gasteiger partial charge in [-0.2, -0.15) is 4.31 Å². The van der Waals surface area contributed by atoms with Crippen molar-refractivity contribution in [3.8, 4) is 0 Å². The number of sulfonamides is 1. The zero-order valence-electron chi connectivity index (χ0n) is 9.60. The SMILES string of the molecule is O=S(=O)(c1ccc(CCl)cc1Br)N1CCOCC1. The molecule has 0 aliphatic carbocycles. The molecule has 4 nitrogen and oxygen atoms in total. The number of alkyl halides is 1. The molecule has 7 heteroatoms. The third kappa shape index (κ3) is 2.88. The van der Waals surface area contributed by atoms with E-state index >= 15 is 0 Å². The number of halogens is 2. The van der Waals surface area contributed by atoms with Crippen molar-refractivity contribution in [3.05, 3.63) is 28.2 Å². The molecule has 1 aliphatic heterocycles. The molecule has 0 aromatic heterocycles. The Kier molecular flexibility index (Phi) is 4.66. The summed E-state index contributed by atoms with van der Waals surface area (Å²) >= 11 is 9.01. The van der Waals surface area contributed by atoms with Crippen molar-refractivity contribution in [2.24, 2.45) is 0 Å². The molecule has 0 N–H and O–H groups in total. The van der Waals surface area contributed by atoms with E-state index in [1.807, 2.05) is 0 Å². The third-order valence-corrected chi connectivity index (χ3v) is 5.92. The van der Waals surface area contributed by atoms with Gasteiger partial charge in [0, 0.05) is 23.4 Å². The summed E-state index contributed by atoms with van der Waals surface area (Å²) in [6.45, 7) is 1.67. The van der Waals surface area contributed by atoms with Gasteiger partial charge >= 0.3 is 0 Å². The minimum Gasteiger partial charge on any atom is -0.379 e. The van der Waals surface area contributed by atoms with Gasteiger partial charge in [0.15, 0.2) is 0 Å². The number of ether oxygens (including phenoxy) is 1. The largest absolute Gasteiger partial charge is 0.379 e. The molecular weight excluding hydrogens is 342 g/mol. The van der Waals surface area contributed by atoms with Crippen LogP contribution < -0.4 is 0 Å². The average Bonchev–Trinajstić information content (AvgIpc) is 2.39. The first-order chi connectivity index (χ1) is 8.55. The van der Waals surface area contributed by atoms with E-state index in [4.69, 9.17) is 16.3 Å². The molecular formula is C11H13BrClNO3S. The Bertz CT molecular complexity index is 529. The summed E-state index contributed by atoms with van der Waals surface area (Å²) in [7, 11) is -3.45. The summed E-state index contributed by atoms with van der Waals surface area (Å²) in [5, 5.41) is 0. The minimum atomic E-state index is -3.45. The molecule has 1 aliphatic rings. The molecule has 100 valence electrons. The van der Waals surface area contributed by atoms with Crippen molar-refractivity contribution >= 4 is 37.6 Å². The molecule has 0 unspecified atom stereocenters. The van der Waals surface area contributed by atoms with E-state index in [2.05, 4.69) is 15.9 Å². The first kappa shape index (κ1) is 14.3. The van der Waals surface area contributed by atoms with Crippen LogP contribution in [-0.4, -0.2) is 39.0 Å². The zero-order valence-corrected chi connectivity index (χ0v) is 12.8. The number of rotatable bonds is 3. The van der Waals surface area contributed by atoms with Crippen molar-refractivity contribution in [2.45, 2.75) is 10.8 Å². The lowest BCUT2D eigenvalue weighted by Crippen LogP contribution is -2.40. The molecule has 0 bridgehead atoms. The monoisotopic (exact) mass is 353 g/mol. The Hall–Kier alpha value is -0.140. The second kappa shape index (κ2) is 5.88. The fourth-order valence-corrected chi connectivity index (χ4v) is 4.42. The van der Waals surface area contributed by atoms with Gasteiger partial charge in [0.2, 0.25) is 10.0 Å². The minimum absolute atomic E-state index is 0.276. The maximum Gasteiger partial charge on any atom is 0.244 e. The van der Waals surface area contributed by atoms with Crippen molar-refractivity contribution in [1.82, 2.24) is 4.31 Å². The van der Waals surface area contributed by atoms with Gasteiger partial charge in [-0.3, -0.25) is 0 Å². The van der Waals surface area contributed by atoms with Gasteiger partial charge in [0.1, 0.15) is 0 Å². The molecule has 0 atom stereocenters. The highest BCUT2D eigenvalue weighted by atomic mass is 79.9. The second-order valence-electron chi connectivity index (χ2n) is 3.91. The lowest BCUT2D eigenvalue weighted by atomic mass is 10.2. The maximum atomic E-state index is 12.4. The highest BCUT2D eigenvalue weighted by molar-refractivity contribution is 9.10. The molecule has 0 spiro atoms. The Morgan fingerprint density at radius 2 is 2.00 bits per heavy atom. The van der Waals surface area contributed by atoms with Gasteiger partial charge < -0.3 is 4.74 Å². The lowest BCUT2D eigenvalue weighted by molar-refractivity contribution is 0.0730. The first-order valence-electron chi connectivity index (χ1n) is 5.48. The number of hydrogen-bond donors (Lipinski definition) is 0. The molecule has 0 amide bonds. The van der Waals surface area contributed by atoms with Gasteiger partial charge in [-0.15, -0.1) is 11.6 Å². The van der Waals surface area contributed by atoms with Crippen LogP contribution >= 0.6 is 27.5 Å². The third-order valence-electron chi connectivity index (χ3n) is 2.74. The molecule has 1 saturated heterocycles. The fourth-order valence-electron chi connectivity index (χ4n) is 1.76. The zero-order chi connectivity index (χ0) is 13.2. The summed E-state index contributed by atoms with van der Waals surface area (Å²) in [5.74, 6) is 0.358. The van der Waals surface area contributed by atoms with Crippen molar-refractivity contribution in [3.63, 3.8) is 0 Å². The fraction of sp³-hybridized carbons (Fsp3) is 0.455. The molecule has 1 aromatic carbocycles. The molecule has 1 aromatic rings. The van der Waals surface area contributed by atoms with Crippen molar-refractivity contribution < 1.29 is 13.2 Å². The summed E-state index contributed by atoms with van der Waals surface area (Å²) in [5.41, 5.74) is 0.879.